The van der Waals surface area contributed by atoms with Crippen LogP contribution in [0, 0.1) is 5.92 Å². The van der Waals surface area contributed by atoms with Crippen molar-refractivity contribution in [1.82, 2.24) is 5.32 Å². The molecule has 2 rings (SSSR count). The zero-order chi connectivity index (χ0) is 19.1. The molecule has 1 amide bonds. The molecule has 1 aromatic rings. The van der Waals surface area contributed by atoms with E-state index in [1.54, 1.807) is 31.2 Å². The Morgan fingerprint density at radius 2 is 1.81 bits per heavy atom. The van der Waals surface area contributed by atoms with E-state index in [0.717, 1.165) is 19.3 Å². The summed E-state index contributed by atoms with van der Waals surface area (Å²) in [5, 5.41) is 3.52. The second-order valence-corrected chi connectivity index (χ2v) is 7.38. The van der Waals surface area contributed by atoms with Crippen LogP contribution in [0.2, 0.25) is 5.02 Å². The van der Waals surface area contributed by atoms with E-state index in [1.807, 2.05) is 0 Å². The van der Waals surface area contributed by atoms with Crippen LogP contribution in [0.4, 0.5) is 0 Å². The highest BCUT2D eigenvalue weighted by molar-refractivity contribution is 6.30. The third kappa shape index (κ3) is 6.13. The summed E-state index contributed by atoms with van der Waals surface area (Å²) in [5.74, 6) is -0.549. The number of amides is 1. The number of benzene rings is 1. The predicted octanol–water partition coefficient (Wildman–Crippen LogP) is 3.93. The predicted molar refractivity (Wildman–Crippen MR) is 100 cm³/mol. The minimum absolute atomic E-state index is 0.0362. The molecule has 0 aromatic heterocycles. The zero-order valence-corrected chi connectivity index (χ0v) is 16.1. The van der Waals surface area contributed by atoms with Crippen molar-refractivity contribution in [3.63, 3.8) is 0 Å². The number of nitrogens with one attached hydrogen (secondary N) is 1. The molecule has 1 N–H and O–H groups in total. The van der Waals surface area contributed by atoms with Crippen LogP contribution in [0.25, 0.3) is 0 Å². The van der Waals surface area contributed by atoms with Gasteiger partial charge in [0.25, 0.3) is 5.91 Å². The molecule has 1 aromatic carbocycles. The zero-order valence-electron chi connectivity index (χ0n) is 15.3. The number of ether oxygens (including phenoxy) is 1. The molecule has 3 atom stereocenters. The number of ketones is 1. The number of hydrogen-bond acceptors (Lipinski definition) is 4. The van der Waals surface area contributed by atoms with Crippen LogP contribution in [0.5, 0.6) is 0 Å². The second kappa shape index (κ2) is 9.72. The number of halogens is 1. The summed E-state index contributed by atoms with van der Waals surface area (Å²) in [6.45, 7) is 3.69. The molecule has 0 heterocycles. The monoisotopic (exact) mass is 379 g/mol. The molecule has 0 bridgehead atoms. The summed E-state index contributed by atoms with van der Waals surface area (Å²) in [6.07, 6.45) is 3.49. The SMILES string of the molecule is C[C@@H]1CCCC[C@H]1NC(=O)[C@@H](C)OC(=O)CCC(=O)c1ccc(Cl)cc1. The molecule has 0 spiro atoms. The molecule has 1 aliphatic rings. The molecular formula is C20H26ClNO4. The van der Waals surface area contributed by atoms with Gasteiger partial charge in [-0.15, -0.1) is 0 Å². The number of carbonyl (C=O) groups is 3. The maximum absolute atomic E-state index is 12.2. The van der Waals surface area contributed by atoms with Gasteiger partial charge >= 0.3 is 5.97 Å². The van der Waals surface area contributed by atoms with Crippen LogP contribution in [0.15, 0.2) is 24.3 Å². The average molecular weight is 380 g/mol. The molecule has 0 saturated heterocycles. The van der Waals surface area contributed by atoms with E-state index in [2.05, 4.69) is 12.2 Å². The van der Waals surface area contributed by atoms with Gasteiger partial charge in [0.1, 0.15) is 0 Å². The second-order valence-electron chi connectivity index (χ2n) is 6.94. The van der Waals surface area contributed by atoms with E-state index >= 15 is 0 Å². The fourth-order valence-corrected chi connectivity index (χ4v) is 3.26. The smallest absolute Gasteiger partial charge is 0.307 e. The van der Waals surface area contributed by atoms with Crippen LogP contribution in [-0.2, 0) is 14.3 Å². The number of rotatable bonds is 7. The first-order valence-corrected chi connectivity index (χ1v) is 9.53. The van der Waals surface area contributed by atoms with E-state index in [1.165, 1.54) is 6.42 Å². The van der Waals surface area contributed by atoms with Gasteiger partial charge < -0.3 is 10.1 Å². The van der Waals surface area contributed by atoms with Crippen molar-refractivity contribution in [1.29, 1.82) is 0 Å². The van der Waals surface area contributed by atoms with Gasteiger partial charge in [0.2, 0.25) is 0 Å². The average Bonchev–Trinajstić information content (AvgIpc) is 2.62. The Morgan fingerprint density at radius 3 is 2.46 bits per heavy atom. The lowest BCUT2D eigenvalue weighted by atomic mass is 9.86. The summed E-state index contributed by atoms with van der Waals surface area (Å²) in [5.41, 5.74) is 0.499. The van der Waals surface area contributed by atoms with Gasteiger partial charge in [0.05, 0.1) is 6.42 Å². The quantitative estimate of drug-likeness (QED) is 0.575. The van der Waals surface area contributed by atoms with Crippen molar-refractivity contribution in [2.45, 2.75) is 64.5 Å². The number of esters is 1. The van der Waals surface area contributed by atoms with E-state index < -0.39 is 12.1 Å². The third-order valence-corrected chi connectivity index (χ3v) is 5.09. The topological polar surface area (TPSA) is 72.5 Å². The summed E-state index contributed by atoms with van der Waals surface area (Å²) < 4.78 is 5.17. The molecule has 6 heteroatoms. The van der Waals surface area contributed by atoms with Crippen molar-refractivity contribution in [3.05, 3.63) is 34.9 Å². The Morgan fingerprint density at radius 1 is 1.15 bits per heavy atom. The first kappa shape index (κ1) is 20.4. The van der Waals surface area contributed by atoms with E-state index in [4.69, 9.17) is 16.3 Å². The fourth-order valence-electron chi connectivity index (χ4n) is 3.14. The largest absolute Gasteiger partial charge is 0.453 e. The first-order chi connectivity index (χ1) is 12.4. The highest BCUT2D eigenvalue weighted by Crippen LogP contribution is 2.23. The molecule has 0 aliphatic heterocycles. The normalized spacial score (nSPS) is 20.9. The maximum atomic E-state index is 12.2. The highest BCUT2D eigenvalue weighted by Gasteiger charge is 2.26. The molecule has 5 nitrogen and oxygen atoms in total. The lowest BCUT2D eigenvalue weighted by molar-refractivity contribution is -0.155. The van der Waals surface area contributed by atoms with Crippen molar-refractivity contribution in [2.24, 2.45) is 5.92 Å². The fraction of sp³-hybridized carbons (Fsp3) is 0.550. The van der Waals surface area contributed by atoms with Crippen molar-refractivity contribution >= 4 is 29.3 Å². The van der Waals surface area contributed by atoms with Gasteiger partial charge in [-0.1, -0.05) is 31.4 Å². The van der Waals surface area contributed by atoms with Crippen molar-refractivity contribution < 1.29 is 19.1 Å². The molecule has 1 fully saturated rings. The van der Waals surface area contributed by atoms with Gasteiger partial charge in [-0.2, -0.15) is 0 Å². The van der Waals surface area contributed by atoms with Crippen molar-refractivity contribution in [3.8, 4) is 0 Å². The van der Waals surface area contributed by atoms with Crippen LogP contribution in [-0.4, -0.2) is 29.8 Å². The highest BCUT2D eigenvalue weighted by atomic mass is 35.5. The Balaban J connectivity index is 1.74. The molecule has 1 saturated carbocycles. The summed E-state index contributed by atoms with van der Waals surface area (Å²) in [7, 11) is 0. The van der Waals surface area contributed by atoms with Gasteiger partial charge in [-0.25, -0.2) is 0 Å². The standard InChI is InChI=1S/C20H26ClNO4/c1-13-5-3-4-6-17(13)22-20(25)14(2)26-19(24)12-11-18(23)15-7-9-16(21)10-8-15/h7-10,13-14,17H,3-6,11-12H2,1-2H3,(H,22,25)/t13-,14-,17-/m1/s1. The summed E-state index contributed by atoms with van der Waals surface area (Å²) in [4.78, 5) is 36.2. The lowest BCUT2D eigenvalue weighted by Gasteiger charge is -2.30. The third-order valence-electron chi connectivity index (χ3n) is 4.84. The molecule has 0 unspecified atom stereocenters. The van der Waals surface area contributed by atoms with Gasteiger partial charge in [0.15, 0.2) is 11.9 Å². The lowest BCUT2D eigenvalue weighted by Crippen LogP contribution is -2.46. The summed E-state index contributed by atoms with van der Waals surface area (Å²) in [6, 6.07) is 6.65. The van der Waals surface area contributed by atoms with Crippen LogP contribution in [0.1, 0.15) is 62.7 Å². The molecule has 0 radical (unpaired) electrons. The van der Waals surface area contributed by atoms with E-state index in [9.17, 15) is 14.4 Å². The summed E-state index contributed by atoms with van der Waals surface area (Å²) >= 11 is 5.79. The Kier molecular flexibility index (Phi) is 7.64. The molecule has 1 aliphatic carbocycles. The molecule has 142 valence electrons. The van der Waals surface area contributed by atoms with Crippen molar-refractivity contribution in [2.75, 3.05) is 0 Å². The van der Waals surface area contributed by atoms with Crippen LogP contribution < -0.4 is 5.32 Å². The number of hydrogen-bond donors (Lipinski definition) is 1. The Bertz CT molecular complexity index is 644. The van der Waals surface area contributed by atoms with Crippen LogP contribution in [0.3, 0.4) is 0 Å². The first-order valence-electron chi connectivity index (χ1n) is 9.15. The molecule has 26 heavy (non-hydrogen) atoms. The van der Waals surface area contributed by atoms with Gasteiger partial charge in [-0.05, 0) is 49.9 Å². The van der Waals surface area contributed by atoms with Crippen LogP contribution >= 0.6 is 11.6 Å². The number of carbonyl (C=O) groups excluding carboxylic acids is 3. The maximum Gasteiger partial charge on any atom is 0.307 e. The van der Waals surface area contributed by atoms with E-state index in [0.29, 0.717) is 16.5 Å². The number of Topliss-reactive ketones (excluding diaryl/α,β-unsaturated/α-hetero) is 1. The minimum Gasteiger partial charge on any atom is -0.453 e. The Labute approximate surface area is 159 Å². The van der Waals surface area contributed by atoms with Gasteiger partial charge in [-0.3, -0.25) is 14.4 Å². The minimum atomic E-state index is -0.859. The van der Waals surface area contributed by atoms with Gasteiger partial charge in [0, 0.05) is 23.0 Å². The Hall–Kier alpha value is -1.88. The molecular weight excluding hydrogens is 354 g/mol. The van der Waals surface area contributed by atoms with E-state index in [-0.39, 0.29) is 30.6 Å².